The molecule has 0 aromatic heterocycles. The van der Waals surface area contributed by atoms with E-state index in [0.29, 0.717) is 6.04 Å². The SMILES string of the molecule is CCCNC1CCC(O)(C2NCc3ccccc32)CC1. The van der Waals surface area contributed by atoms with Crippen LogP contribution in [0.25, 0.3) is 0 Å². The number of benzene rings is 1. The van der Waals surface area contributed by atoms with Gasteiger partial charge in [-0.1, -0.05) is 31.2 Å². The summed E-state index contributed by atoms with van der Waals surface area (Å²) in [5.41, 5.74) is 2.07. The fourth-order valence-corrected chi connectivity index (χ4v) is 3.74. The lowest BCUT2D eigenvalue weighted by Crippen LogP contribution is -2.47. The third-order valence-electron chi connectivity index (χ3n) is 4.93. The van der Waals surface area contributed by atoms with E-state index in [4.69, 9.17) is 0 Å². The van der Waals surface area contributed by atoms with Crippen LogP contribution >= 0.6 is 0 Å². The zero-order valence-corrected chi connectivity index (χ0v) is 12.4. The van der Waals surface area contributed by atoms with Crippen LogP contribution in [-0.2, 0) is 6.54 Å². The van der Waals surface area contributed by atoms with Crippen LogP contribution < -0.4 is 10.6 Å². The molecule has 3 rings (SSSR count). The lowest BCUT2D eigenvalue weighted by molar-refractivity contribution is -0.0349. The van der Waals surface area contributed by atoms with Crippen molar-refractivity contribution >= 4 is 0 Å². The van der Waals surface area contributed by atoms with Crippen LogP contribution in [0.4, 0.5) is 0 Å². The second kappa shape index (κ2) is 5.84. The van der Waals surface area contributed by atoms with E-state index in [1.54, 1.807) is 0 Å². The molecule has 0 bridgehead atoms. The van der Waals surface area contributed by atoms with E-state index < -0.39 is 5.60 Å². The maximum absolute atomic E-state index is 11.1. The van der Waals surface area contributed by atoms with E-state index in [1.165, 1.54) is 17.5 Å². The van der Waals surface area contributed by atoms with Crippen molar-refractivity contribution in [2.45, 2.75) is 63.3 Å². The summed E-state index contributed by atoms with van der Waals surface area (Å²) in [7, 11) is 0. The third-order valence-corrected chi connectivity index (χ3v) is 4.93. The molecule has 2 aliphatic rings. The van der Waals surface area contributed by atoms with Crippen LogP contribution in [0.3, 0.4) is 0 Å². The molecule has 3 N–H and O–H groups in total. The molecule has 0 amide bonds. The van der Waals surface area contributed by atoms with Gasteiger partial charge in [-0.3, -0.25) is 0 Å². The van der Waals surface area contributed by atoms with E-state index in [2.05, 4.69) is 41.8 Å². The van der Waals surface area contributed by atoms with Gasteiger partial charge in [0.2, 0.25) is 0 Å². The predicted molar refractivity (Wildman–Crippen MR) is 81.5 cm³/mol. The zero-order valence-electron chi connectivity index (χ0n) is 12.4. The molecule has 1 unspecified atom stereocenters. The largest absolute Gasteiger partial charge is 0.388 e. The van der Waals surface area contributed by atoms with Gasteiger partial charge in [0.05, 0.1) is 11.6 Å². The molecule has 3 heteroatoms. The van der Waals surface area contributed by atoms with Gasteiger partial charge in [-0.2, -0.15) is 0 Å². The molecule has 3 nitrogen and oxygen atoms in total. The van der Waals surface area contributed by atoms with Crippen LogP contribution in [0.2, 0.25) is 0 Å². The molecule has 1 fully saturated rings. The van der Waals surface area contributed by atoms with Gasteiger partial charge in [0, 0.05) is 12.6 Å². The first-order valence-corrected chi connectivity index (χ1v) is 8.00. The third kappa shape index (κ3) is 2.62. The summed E-state index contributed by atoms with van der Waals surface area (Å²) in [6.45, 7) is 4.18. The minimum absolute atomic E-state index is 0.117. The minimum Gasteiger partial charge on any atom is -0.388 e. The Balaban J connectivity index is 1.67. The van der Waals surface area contributed by atoms with Crippen molar-refractivity contribution in [1.82, 2.24) is 10.6 Å². The van der Waals surface area contributed by atoms with Crippen LogP contribution in [0.1, 0.15) is 56.2 Å². The summed E-state index contributed by atoms with van der Waals surface area (Å²) >= 11 is 0. The van der Waals surface area contributed by atoms with Gasteiger partial charge in [-0.15, -0.1) is 0 Å². The highest BCUT2D eigenvalue weighted by Gasteiger charge is 2.43. The average Bonchev–Trinajstić information content (AvgIpc) is 2.91. The van der Waals surface area contributed by atoms with Gasteiger partial charge in [0.1, 0.15) is 0 Å². The van der Waals surface area contributed by atoms with E-state index in [-0.39, 0.29) is 6.04 Å². The number of nitrogens with one attached hydrogen (secondary N) is 2. The van der Waals surface area contributed by atoms with Crippen molar-refractivity contribution in [2.24, 2.45) is 0 Å². The highest BCUT2D eigenvalue weighted by molar-refractivity contribution is 5.36. The number of rotatable bonds is 4. The fourth-order valence-electron chi connectivity index (χ4n) is 3.74. The smallest absolute Gasteiger partial charge is 0.0842 e. The summed E-state index contributed by atoms with van der Waals surface area (Å²) in [6.07, 6.45) is 5.12. The van der Waals surface area contributed by atoms with Crippen molar-refractivity contribution in [2.75, 3.05) is 6.54 Å². The van der Waals surface area contributed by atoms with Crippen molar-refractivity contribution in [3.8, 4) is 0 Å². The Bertz CT molecular complexity index is 452. The van der Waals surface area contributed by atoms with Crippen molar-refractivity contribution in [3.05, 3.63) is 35.4 Å². The first kappa shape index (κ1) is 14.1. The first-order chi connectivity index (χ1) is 9.73. The van der Waals surface area contributed by atoms with E-state index in [0.717, 1.165) is 38.8 Å². The number of fused-ring (bicyclic) bond motifs is 1. The van der Waals surface area contributed by atoms with Crippen LogP contribution in [0, 0.1) is 0 Å². The highest BCUT2D eigenvalue weighted by Crippen LogP contribution is 2.42. The van der Waals surface area contributed by atoms with Gasteiger partial charge in [0.25, 0.3) is 0 Å². The summed E-state index contributed by atoms with van der Waals surface area (Å²) < 4.78 is 0. The Morgan fingerprint density at radius 3 is 2.80 bits per heavy atom. The lowest BCUT2D eigenvalue weighted by atomic mass is 9.75. The number of hydrogen-bond acceptors (Lipinski definition) is 3. The van der Waals surface area contributed by atoms with Gasteiger partial charge >= 0.3 is 0 Å². The molecule has 20 heavy (non-hydrogen) atoms. The average molecular weight is 274 g/mol. The number of aliphatic hydroxyl groups is 1. The normalized spacial score (nSPS) is 33.1. The molecular weight excluding hydrogens is 248 g/mol. The second-order valence-corrected chi connectivity index (χ2v) is 6.34. The monoisotopic (exact) mass is 274 g/mol. The molecule has 1 aliphatic carbocycles. The second-order valence-electron chi connectivity index (χ2n) is 6.34. The fraction of sp³-hybridized carbons (Fsp3) is 0.647. The predicted octanol–water partition coefficient (Wildman–Crippen LogP) is 2.50. The van der Waals surface area contributed by atoms with Gasteiger partial charge in [-0.25, -0.2) is 0 Å². The summed E-state index contributed by atoms with van der Waals surface area (Å²) in [4.78, 5) is 0. The summed E-state index contributed by atoms with van der Waals surface area (Å²) in [5.74, 6) is 0. The van der Waals surface area contributed by atoms with Crippen molar-refractivity contribution in [3.63, 3.8) is 0 Å². The molecule has 0 radical (unpaired) electrons. The van der Waals surface area contributed by atoms with Gasteiger partial charge < -0.3 is 15.7 Å². The summed E-state index contributed by atoms with van der Waals surface area (Å²) in [5, 5.41) is 18.2. The van der Waals surface area contributed by atoms with Gasteiger partial charge in [0.15, 0.2) is 0 Å². The standard InChI is InChI=1S/C17H26N2O/c1-2-11-18-14-7-9-17(20,10-8-14)16-15-6-4-3-5-13(15)12-19-16/h3-6,14,16,18-20H,2,7-12H2,1H3. The van der Waals surface area contributed by atoms with Crippen LogP contribution in [0.5, 0.6) is 0 Å². The molecule has 1 atom stereocenters. The number of hydrogen-bond donors (Lipinski definition) is 3. The van der Waals surface area contributed by atoms with Crippen molar-refractivity contribution in [1.29, 1.82) is 0 Å². The van der Waals surface area contributed by atoms with E-state index in [1.807, 2.05) is 0 Å². The molecule has 0 saturated heterocycles. The minimum atomic E-state index is -0.572. The Labute approximate surface area is 121 Å². The molecule has 0 spiro atoms. The topological polar surface area (TPSA) is 44.3 Å². The Hall–Kier alpha value is -0.900. The zero-order chi connectivity index (χ0) is 14.0. The molecule has 1 aliphatic heterocycles. The molecule has 1 aromatic rings. The first-order valence-electron chi connectivity index (χ1n) is 8.00. The molecule has 110 valence electrons. The van der Waals surface area contributed by atoms with E-state index in [9.17, 15) is 5.11 Å². The lowest BCUT2D eigenvalue weighted by Gasteiger charge is -2.41. The van der Waals surface area contributed by atoms with Gasteiger partial charge in [-0.05, 0) is 49.8 Å². The molecule has 1 aromatic carbocycles. The molecular formula is C17H26N2O. The Morgan fingerprint density at radius 2 is 2.05 bits per heavy atom. The van der Waals surface area contributed by atoms with Crippen molar-refractivity contribution < 1.29 is 5.11 Å². The summed E-state index contributed by atoms with van der Waals surface area (Å²) in [6, 6.07) is 9.20. The highest BCUT2D eigenvalue weighted by atomic mass is 16.3. The van der Waals surface area contributed by atoms with Crippen LogP contribution in [-0.4, -0.2) is 23.3 Å². The quantitative estimate of drug-likeness (QED) is 0.790. The molecule has 1 heterocycles. The maximum atomic E-state index is 11.1. The Morgan fingerprint density at radius 1 is 1.30 bits per heavy atom. The Kier molecular flexibility index (Phi) is 4.11. The molecule has 1 saturated carbocycles. The van der Waals surface area contributed by atoms with Crippen LogP contribution in [0.15, 0.2) is 24.3 Å². The maximum Gasteiger partial charge on any atom is 0.0842 e. The van der Waals surface area contributed by atoms with E-state index >= 15 is 0 Å².